The summed E-state index contributed by atoms with van der Waals surface area (Å²) in [6.45, 7) is 1.00. The highest BCUT2D eigenvalue weighted by Gasteiger charge is 2.43. The number of methoxy groups -OCH3 is 2. The number of piperidine rings is 1. The zero-order valence-electron chi connectivity index (χ0n) is 18.4. The number of hydrogen-bond acceptors (Lipinski definition) is 6. The van der Waals surface area contributed by atoms with Crippen LogP contribution in [-0.2, 0) is 4.79 Å². The number of amides is 1. The summed E-state index contributed by atoms with van der Waals surface area (Å²) >= 11 is 0. The lowest BCUT2D eigenvalue weighted by Gasteiger charge is -2.44. The van der Waals surface area contributed by atoms with Crippen molar-refractivity contribution in [3.63, 3.8) is 0 Å². The first-order valence-electron chi connectivity index (χ1n) is 10.8. The number of likely N-dealkylation sites (tertiary alicyclic amines) is 1. The highest BCUT2D eigenvalue weighted by Crippen LogP contribution is 2.40. The first kappa shape index (κ1) is 21.9. The lowest BCUT2D eigenvalue weighted by atomic mass is 9.82. The Hall–Kier alpha value is -3.35. The van der Waals surface area contributed by atoms with Crippen LogP contribution >= 0.6 is 0 Å². The fraction of sp³-hybridized carbons (Fsp3) is 0.400. The molecule has 2 aliphatic rings. The zero-order valence-corrected chi connectivity index (χ0v) is 18.4. The molecule has 1 spiro atoms. The largest absolute Gasteiger partial charge is 0.497 e. The van der Waals surface area contributed by atoms with Gasteiger partial charge in [0.15, 0.2) is 11.6 Å². The first-order chi connectivity index (χ1) is 15.4. The van der Waals surface area contributed by atoms with Crippen molar-refractivity contribution in [3.8, 4) is 17.2 Å². The highest BCUT2D eigenvalue weighted by molar-refractivity contribution is 6.00. The van der Waals surface area contributed by atoms with Crippen molar-refractivity contribution in [1.82, 2.24) is 4.90 Å². The monoisotopic (exact) mass is 437 g/mol. The molecule has 2 aromatic rings. The quantitative estimate of drug-likeness (QED) is 0.641. The van der Waals surface area contributed by atoms with Crippen LogP contribution in [0.1, 0.15) is 52.8 Å². The summed E-state index contributed by atoms with van der Waals surface area (Å²) in [5.41, 5.74) is 0.554. The first-order valence-corrected chi connectivity index (χ1v) is 10.8. The molecule has 1 saturated heterocycles. The van der Waals surface area contributed by atoms with Gasteiger partial charge in [-0.25, -0.2) is 0 Å². The maximum Gasteiger partial charge on any atom is 0.223 e. The molecule has 0 N–H and O–H groups in total. The second-order valence-electron chi connectivity index (χ2n) is 8.28. The number of ether oxygens (including phenoxy) is 3. The predicted octanol–water partition coefficient (Wildman–Crippen LogP) is 3.69. The third kappa shape index (κ3) is 4.47. The van der Waals surface area contributed by atoms with Crippen molar-refractivity contribution >= 4 is 17.5 Å². The number of ketones is 2. The van der Waals surface area contributed by atoms with Crippen LogP contribution in [0.25, 0.3) is 0 Å². The third-order valence-electron chi connectivity index (χ3n) is 6.30. The number of fused-ring (bicyclic) bond motifs is 1. The van der Waals surface area contributed by atoms with Crippen LogP contribution in [-0.4, -0.2) is 55.3 Å². The molecule has 0 atom stereocenters. The van der Waals surface area contributed by atoms with Crippen molar-refractivity contribution < 1.29 is 28.6 Å². The summed E-state index contributed by atoms with van der Waals surface area (Å²) in [5, 5.41) is 0. The summed E-state index contributed by atoms with van der Waals surface area (Å²) in [6, 6.07) is 12.1. The minimum absolute atomic E-state index is 0.0501. The van der Waals surface area contributed by atoms with Gasteiger partial charge < -0.3 is 19.1 Å². The molecule has 0 bridgehead atoms. The average Bonchev–Trinajstić information content (AvgIpc) is 2.82. The van der Waals surface area contributed by atoms with E-state index in [2.05, 4.69) is 0 Å². The van der Waals surface area contributed by atoms with Crippen LogP contribution in [0.4, 0.5) is 0 Å². The number of carbonyl (C=O) groups excluding carboxylic acids is 3. The number of nitrogens with zero attached hydrogens (tertiary/aromatic N) is 1. The summed E-state index contributed by atoms with van der Waals surface area (Å²) in [6.07, 6.45) is 1.79. The summed E-state index contributed by atoms with van der Waals surface area (Å²) in [5.74, 6) is 1.81. The van der Waals surface area contributed by atoms with Crippen molar-refractivity contribution in [2.45, 2.75) is 37.7 Å². The molecule has 32 heavy (non-hydrogen) atoms. The zero-order chi connectivity index (χ0) is 22.7. The van der Waals surface area contributed by atoms with E-state index in [4.69, 9.17) is 14.2 Å². The van der Waals surface area contributed by atoms with Crippen LogP contribution in [0.3, 0.4) is 0 Å². The van der Waals surface area contributed by atoms with Crippen LogP contribution < -0.4 is 14.2 Å². The number of Topliss-reactive ketones (excluding diaryl/α,β-unsaturated/α-hetero) is 2. The summed E-state index contributed by atoms with van der Waals surface area (Å²) < 4.78 is 16.6. The lowest BCUT2D eigenvalue weighted by molar-refractivity contribution is -0.134. The topological polar surface area (TPSA) is 82.1 Å². The molecule has 2 aliphatic heterocycles. The molecule has 1 amide bonds. The Morgan fingerprint density at radius 1 is 0.969 bits per heavy atom. The van der Waals surface area contributed by atoms with Gasteiger partial charge in [-0.15, -0.1) is 0 Å². The van der Waals surface area contributed by atoms with Gasteiger partial charge in [0.1, 0.15) is 22.8 Å². The standard InChI is InChI=1S/C25H27NO6/c1-30-18-5-3-17(4-6-18)21(27)9-10-24(29)26-13-11-25(12-14-26)16-22(28)20-8-7-19(31-2)15-23(20)32-25/h3-8,15H,9-14,16H2,1-2H3. The molecule has 4 rings (SSSR count). The van der Waals surface area contributed by atoms with E-state index in [0.717, 1.165) is 0 Å². The smallest absolute Gasteiger partial charge is 0.223 e. The number of benzene rings is 2. The van der Waals surface area contributed by atoms with Crippen molar-refractivity contribution in [3.05, 3.63) is 53.6 Å². The van der Waals surface area contributed by atoms with E-state index in [0.29, 0.717) is 60.7 Å². The molecule has 0 aromatic heterocycles. The Morgan fingerprint density at radius 2 is 1.62 bits per heavy atom. The molecule has 2 aromatic carbocycles. The molecule has 0 radical (unpaired) electrons. The van der Waals surface area contributed by atoms with Gasteiger partial charge >= 0.3 is 0 Å². The van der Waals surface area contributed by atoms with E-state index >= 15 is 0 Å². The van der Waals surface area contributed by atoms with Gasteiger partial charge in [-0.2, -0.15) is 0 Å². The van der Waals surface area contributed by atoms with E-state index in [-0.39, 0.29) is 30.3 Å². The van der Waals surface area contributed by atoms with Gasteiger partial charge in [0.2, 0.25) is 5.91 Å². The van der Waals surface area contributed by atoms with Crippen LogP contribution in [0, 0.1) is 0 Å². The van der Waals surface area contributed by atoms with Gasteiger partial charge in [-0.05, 0) is 36.4 Å². The van der Waals surface area contributed by atoms with E-state index in [1.54, 1.807) is 61.6 Å². The maximum absolute atomic E-state index is 12.7. The SMILES string of the molecule is COc1ccc(C(=O)CCC(=O)N2CCC3(CC2)CC(=O)c2ccc(OC)cc2O3)cc1. The second-order valence-corrected chi connectivity index (χ2v) is 8.28. The van der Waals surface area contributed by atoms with E-state index in [1.165, 1.54) is 0 Å². The number of carbonyl (C=O) groups is 3. The molecule has 0 saturated carbocycles. The van der Waals surface area contributed by atoms with Gasteiger partial charge in [-0.3, -0.25) is 14.4 Å². The minimum Gasteiger partial charge on any atom is -0.497 e. The van der Waals surface area contributed by atoms with E-state index in [1.807, 2.05) is 0 Å². The Morgan fingerprint density at radius 3 is 2.28 bits per heavy atom. The minimum atomic E-state index is -0.591. The van der Waals surface area contributed by atoms with Crippen molar-refractivity contribution in [2.24, 2.45) is 0 Å². The predicted molar refractivity (Wildman–Crippen MR) is 118 cm³/mol. The normalized spacial score (nSPS) is 16.8. The van der Waals surface area contributed by atoms with Crippen LogP contribution in [0.5, 0.6) is 17.2 Å². The average molecular weight is 437 g/mol. The maximum atomic E-state index is 12.7. The molecule has 168 valence electrons. The molecule has 1 fully saturated rings. The van der Waals surface area contributed by atoms with Gasteiger partial charge in [0.05, 0.1) is 26.2 Å². The summed E-state index contributed by atoms with van der Waals surface area (Å²) in [7, 11) is 3.15. The molecule has 7 heteroatoms. The summed E-state index contributed by atoms with van der Waals surface area (Å²) in [4.78, 5) is 39.5. The van der Waals surface area contributed by atoms with E-state index < -0.39 is 5.60 Å². The van der Waals surface area contributed by atoms with Crippen molar-refractivity contribution in [1.29, 1.82) is 0 Å². The van der Waals surface area contributed by atoms with Gasteiger partial charge in [-0.1, -0.05) is 0 Å². The molecule has 0 unspecified atom stereocenters. The fourth-order valence-corrected chi connectivity index (χ4v) is 4.34. The second kappa shape index (κ2) is 9.02. The Bertz CT molecular complexity index is 1020. The van der Waals surface area contributed by atoms with Gasteiger partial charge in [0, 0.05) is 50.4 Å². The van der Waals surface area contributed by atoms with Gasteiger partial charge in [0.25, 0.3) is 0 Å². The molecular weight excluding hydrogens is 410 g/mol. The van der Waals surface area contributed by atoms with Crippen LogP contribution in [0.15, 0.2) is 42.5 Å². The van der Waals surface area contributed by atoms with E-state index in [9.17, 15) is 14.4 Å². The Kier molecular flexibility index (Phi) is 6.17. The molecule has 2 heterocycles. The number of hydrogen-bond donors (Lipinski definition) is 0. The molecule has 0 aliphatic carbocycles. The Labute approximate surface area is 187 Å². The number of rotatable bonds is 6. The highest BCUT2D eigenvalue weighted by atomic mass is 16.5. The molecule has 7 nitrogen and oxygen atoms in total. The van der Waals surface area contributed by atoms with Crippen molar-refractivity contribution in [2.75, 3.05) is 27.3 Å². The Balaban J connectivity index is 1.32. The fourth-order valence-electron chi connectivity index (χ4n) is 4.34. The molecular formula is C25H27NO6. The van der Waals surface area contributed by atoms with Crippen LogP contribution in [0.2, 0.25) is 0 Å². The lowest BCUT2D eigenvalue weighted by Crippen LogP contribution is -2.52. The third-order valence-corrected chi connectivity index (χ3v) is 6.30.